The van der Waals surface area contributed by atoms with E-state index in [0.29, 0.717) is 28.7 Å². The molecule has 4 rings (SSSR count). The summed E-state index contributed by atoms with van der Waals surface area (Å²) in [7, 11) is 0. The van der Waals surface area contributed by atoms with Crippen molar-refractivity contribution < 1.29 is 14.1 Å². The Hall–Kier alpha value is -3.93. The second-order valence-electron chi connectivity index (χ2n) is 8.15. The number of carbonyl (C=O) groups excluding carboxylic acids is 1. The molecule has 0 fully saturated rings. The molecule has 6 heteroatoms. The maximum atomic E-state index is 11.0. The number of aldehydes is 1. The minimum absolute atomic E-state index is 0.0746. The van der Waals surface area contributed by atoms with Gasteiger partial charge in [0.15, 0.2) is 0 Å². The van der Waals surface area contributed by atoms with Crippen LogP contribution < -0.4 is 10.1 Å². The number of benzene rings is 2. The Morgan fingerprint density at radius 3 is 2.65 bits per heavy atom. The molecule has 0 aliphatic rings. The lowest BCUT2D eigenvalue weighted by Gasteiger charge is -2.22. The van der Waals surface area contributed by atoms with Gasteiger partial charge in [0.2, 0.25) is 11.8 Å². The molecule has 0 atom stereocenters. The van der Waals surface area contributed by atoms with Crippen LogP contribution in [-0.4, -0.2) is 16.4 Å². The van der Waals surface area contributed by atoms with Crippen LogP contribution in [0, 0.1) is 0 Å². The van der Waals surface area contributed by atoms with Crippen molar-refractivity contribution in [2.75, 3.05) is 5.32 Å². The summed E-state index contributed by atoms with van der Waals surface area (Å²) >= 11 is 0. The highest BCUT2D eigenvalue weighted by Crippen LogP contribution is 2.36. The minimum atomic E-state index is -0.0746. The van der Waals surface area contributed by atoms with Crippen molar-refractivity contribution in [3.05, 3.63) is 84.1 Å². The summed E-state index contributed by atoms with van der Waals surface area (Å²) < 4.78 is 11.6. The number of nitrogens with zero attached hydrogens (tertiary/aromatic N) is 2. The number of hydrogen-bond acceptors (Lipinski definition) is 6. The number of pyridine rings is 1. The number of aromatic nitrogens is 2. The molecule has 2 aromatic carbocycles. The second kappa shape index (κ2) is 8.44. The first-order valence-electron chi connectivity index (χ1n) is 9.96. The predicted molar refractivity (Wildman–Crippen MR) is 120 cm³/mol. The molecule has 0 unspecified atom stereocenters. The Morgan fingerprint density at radius 1 is 1.00 bits per heavy atom. The molecular formula is C25H23N3O3. The van der Waals surface area contributed by atoms with Gasteiger partial charge >= 0.3 is 0 Å². The van der Waals surface area contributed by atoms with E-state index in [-0.39, 0.29) is 5.41 Å². The highest BCUT2D eigenvalue weighted by molar-refractivity contribution is 5.78. The monoisotopic (exact) mass is 413 g/mol. The molecule has 0 aliphatic heterocycles. The number of rotatable bonds is 6. The number of anilines is 2. The van der Waals surface area contributed by atoms with Gasteiger partial charge in [-0.3, -0.25) is 4.79 Å². The summed E-state index contributed by atoms with van der Waals surface area (Å²) in [4.78, 5) is 15.4. The van der Waals surface area contributed by atoms with Gasteiger partial charge in [0.05, 0.1) is 0 Å². The van der Waals surface area contributed by atoms with E-state index >= 15 is 0 Å². The molecule has 0 aliphatic carbocycles. The fraction of sp³-hybridized carbons (Fsp3) is 0.160. The molecule has 0 saturated carbocycles. The maximum Gasteiger partial charge on any atom is 0.243 e. The van der Waals surface area contributed by atoms with Crippen molar-refractivity contribution in [3.63, 3.8) is 0 Å². The van der Waals surface area contributed by atoms with Crippen molar-refractivity contribution in [3.8, 4) is 22.9 Å². The van der Waals surface area contributed by atoms with Crippen LogP contribution in [0.15, 0.2) is 77.4 Å². The third-order valence-corrected chi connectivity index (χ3v) is 4.76. The highest BCUT2D eigenvalue weighted by atomic mass is 16.5. The topological polar surface area (TPSA) is 77.2 Å². The van der Waals surface area contributed by atoms with E-state index in [1.807, 2.05) is 36.4 Å². The van der Waals surface area contributed by atoms with E-state index in [9.17, 15) is 4.79 Å². The van der Waals surface area contributed by atoms with Crippen molar-refractivity contribution in [2.24, 2.45) is 0 Å². The number of carbonyl (C=O) groups is 1. The smallest absolute Gasteiger partial charge is 0.243 e. The van der Waals surface area contributed by atoms with Gasteiger partial charge in [0, 0.05) is 29.0 Å². The fourth-order valence-corrected chi connectivity index (χ4v) is 3.22. The first-order chi connectivity index (χ1) is 14.9. The average Bonchev–Trinajstić information content (AvgIpc) is 3.23. The van der Waals surface area contributed by atoms with Crippen LogP contribution in [0.3, 0.4) is 0 Å². The zero-order valence-corrected chi connectivity index (χ0v) is 17.6. The Labute approximate surface area is 180 Å². The third-order valence-electron chi connectivity index (χ3n) is 4.76. The molecule has 0 spiro atoms. The van der Waals surface area contributed by atoms with Gasteiger partial charge in [0.25, 0.3) is 0 Å². The molecule has 0 amide bonds. The van der Waals surface area contributed by atoms with Crippen LogP contribution in [0.4, 0.5) is 11.6 Å². The molecule has 0 bridgehead atoms. The number of nitrogens with one attached hydrogen (secondary N) is 1. The normalized spacial score (nSPS) is 11.2. The quantitative estimate of drug-likeness (QED) is 0.369. The zero-order valence-electron chi connectivity index (χ0n) is 17.6. The maximum absolute atomic E-state index is 11.0. The van der Waals surface area contributed by atoms with Gasteiger partial charge in [-0.2, -0.15) is 0 Å². The number of hydrogen-bond donors (Lipinski definition) is 1. The summed E-state index contributed by atoms with van der Waals surface area (Å²) in [5.74, 6) is 1.62. The lowest BCUT2D eigenvalue weighted by Crippen LogP contribution is -2.12. The molecule has 4 aromatic rings. The Balaban J connectivity index is 1.60. The van der Waals surface area contributed by atoms with E-state index in [1.54, 1.807) is 30.5 Å². The number of ether oxygens (including phenoxy) is 1. The lowest BCUT2D eigenvalue weighted by atomic mass is 9.86. The standard InChI is InChI=1S/C25H23N3O3/c1-25(2,3)19-10-4-5-12-22(19)30-24-20(11-7-13-26-24)27-23-15-21(28-31-23)18-9-6-8-17(14-18)16-29/h4-16,27H,1-3H3. The summed E-state index contributed by atoms with van der Waals surface area (Å²) in [6.07, 6.45) is 2.48. The SMILES string of the molecule is CC(C)(C)c1ccccc1Oc1ncccc1Nc1cc(-c2cccc(C=O)c2)no1. The summed E-state index contributed by atoms with van der Waals surface area (Å²) in [6.45, 7) is 6.42. The Kier molecular flexibility index (Phi) is 5.54. The van der Waals surface area contributed by atoms with Crippen LogP contribution in [0.5, 0.6) is 11.6 Å². The van der Waals surface area contributed by atoms with Crippen molar-refractivity contribution in [2.45, 2.75) is 26.2 Å². The van der Waals surface area contributed by atoms with Gasteiger partial charge in [-0.15, -0.1) is 0 Å². The van der Waals surface area contributed by atoms with Gasteiger partial charge in [-0.05, 0) is 29.7 Å². The summed E-state index contributed by atoms with van der Waals surface area (Å²) in [6, 6.07) is 20.6. The largest absolute Gasteiger partial charge is 0.437 e. The molecule has 2 aromatic heterocycles. The van der Waals surface area contributed by atoms with Crippen LogP contribution in [0.1, 0.15) is 36.7 Å². The molecule has 2 heterocycles. The van der Waals surface area contributed by atoms with E-state index < -0.39 is 0 Å². The first-order valence-corrected chi connectivity index (χ1v) is 9.96. The van der Waals surface area contributed by atoms with Crippen molar-refractivity contribution >= 4 is 17.9 Å². The van der Waals surface area contributed by atoms with Crippen LogP contribution in [0.2, 0.25) is 0 Å². The predicted octanol–water partition coefficient (Wildman–Crippen LogP) is 6.38. The Morgan fingerprint density at radius 2 is 1.84 bits per heavy atom. The molecule has 31 heavy (non-hydrogen) atoms. The molecule has 0 saturated heterocycles. The van der Waals surface area contributed by atoms with Gasteiger partial charge < -0.3 is 14.6 Å². The van der Waals surface area contributed by atoms with Crippen molar-refractivity contribution in [1.29, 1.82) is 0 Å². The van der Waals surface area contributed by atoms with Gasteiger partial charge in [-0.1, -0.05) is 62.3 Å². The van der Waals surface area contributed by atoms with Crippen LogP contribution in [0.25, 0.3) is 11.3 Å². The first kappa shape index (κ1) is 20.3. The van der Waals surface area contributed by atoms with Gasteiger partial charge in [-0.25, -0.2) is 4.98 Å². The molecule has 1 N–H and O–H groups in total. The number of para-hydroxylation sites is 1. The van der Waals surface area contributed by atoms with E-state index in [0.717, 1.165) is 23.2 Å². The third kappa shape index (κ3) is 4.64. The van der Waals surface area contributed by atoms with Gasteiger partial charge in [0.1, 0.15) is 23.4 Å². The molecule has 156 valence electrons. The zero-order chi connectivity index (χ0) is 21.8. The Bertz CT molecular complexity index is 1210. The average molecular weight is 413 g/mol. The van der Waals surface area contributed by atoms with Crippen LogP contribution in [-0.2, 0) is 5.41 Å². The van der Waals surface area contributed by atoms with E-state index in [4.69, 9.17) is 9.26 Å². The van der Waals surface area contributed by atoms with E-state index in [2.05, 4.69) is 42.3 Å². The molecular weight excluding hydrogens is 390 g/mol. The fourth-order valence-electron chi connectivity index (χ4n) is 3.22. The van der Waals surface area contributed by atoms with Crippen LogP contribution >= 0.6 is 0 Å². The molecule has 6 nitrogen and oxygen atoms in total. The second-order valence-corrected chi connectivity index (χ2v) is 8.15. The lowest BCUT2D eigenvalue weighted by molar-refractivity contribution is 0.112. The van der Waals surface area contributed by atoms with E-state index in [1.165, 1.54) is 0 Å². The highest BCUT2D eigenvalue weighted by Gasteiger charge is 2.20. The summed E-state index contributed by atoms with van der Waals surface area (Å²) in [5, 5.41) is 7.29. The minimum Gasteiger partial charge on any atom is -0.437 e. The molecule has 0 radical (unpaired) electrons. The summed E-state index contributed by atoms with van der Waals surface area (Å²) in [5.41, 5.74) is 3.66. The van der Waals surface area contributed by atoms with Crippen molar-refractivity contribution in [1.82, 2.24) is 10.1 Å².